The Bertz CT molecular complexity index is 544. The lowest BCUT2D eigenvalue weighted by Gasteiger charge is -2.10. The predicted octanol–water partition coefficient (Wildman–Crippen LogP) is 1.18. The van der Waals surface area contributed by atoms with E-state index < -0.39 is 29.7 Å². The quantitative estimate of drug-likeness (QED) is 0.371. The largest absolute Gasteiger partial charge is 0.492 e. The zero-order valence-electron chi connectivity index (χ0n) is 10.9. The molecular weight excluding hydrogens is 284 g/mol. The van der Waals surface area contributed by atoms with Gasteiger partial charge in [-0.05, 0) is 18.4 Å². The number of carboxylic acid groups (broad SMARTS) is 1. The first kappa shape index (κ1) is 16.2. The molecule has 0 radical (unpaired) electrons. The van der Waals surface area contributed by atoms with Gasteiger partial charge in [-0.3, -0.25) is 4.79 Å². The third-order valence-corrected chi connectivity index (χ3v) is 2.58. The molecule has 0 aliphatic heterocycles. The molecule has 0 aliphatic carbocycles. The van der Waals surface area contributed by atoms with E-state index in [1.165, 1.54) is 0 Å². The minimum absolute atomic E-state index is 0.0962. The van der Waals surface area contributed by atoms with Gasteiger partial charge in [0.05, 0.1) is 0 Å². The van der Waals surface area contributed by atoms with Crippen LogP contribution in [-0.2, 0) is 9.59 Å². The molecule has 1 rings (SSSR count). The minimum Gasteiger partial charge on any atom is -0.492 e. The number of nitrogens with zero attached hydrogens (tertiary/aromatic N) is 4. The highest BCUT2D eigenvalue weighted by Crippen LogP contribution is 2.19. The molecule has 10 heteroatoms. The molecule has 3 N–H and O–H groups in total. The van der Waals surface area contributed by atoms with Crippen LogP contribution in [0.2, 0.25) is 0 Å². The van der Waals surface area contributed by atoms with E-state index in [4.69, 9.17) is 15.5 Å². The molecule has 0 fully saturated rings. The lowest BCUT2D eigenvalue weighted by molar-refractivity contribution is -0.145. The average Bonchev–Trinajstić information content (AvgIpc) is 2.73. The van der Waals surface area contributed by atoms with Crippen LogP contribution in [-0.4, -0.2) is 38.0 Å². The first-order valence-electron chi connectivity index (χ1n) is 6.01. The number of carbonyl (C=O) groups is 2. The molecule has 1 unspecified atom stereocenters. The maximum atomic E-state index is 11.5. The number of hydrogen-bond acceptors (Lipinski definition) is 6. The Morgan fingerprint density at radius 2 is 1.86 bits per heavy atom. The maximum absolute atomic E-state index is 11.5. The van der Waals surface area contributed by atoms with Crippen molar-refractivity contribution in [2.75, 3.05) is 0 Å². The molecular formula is C11H14N4O6. The van der Waals surface area contributed by atoms with Gasteiger partial charge in [-0.1, -0.05) is 5.11 Å². The SMILES string of the molecule is [N-]=[N+]=NC(CCC(=O)O)CCC(=O)On1c(O)ccc1O. The highest BCUT2D eigenvalue weighted by Gasteiger charge is 2.15. The lowest BCUT2D eigenvalue weighted by Crippen LogP contribution is -2.20. The van der Waals surface area contributed by atoms with E-state index >= 15 is 0 Å². The van der Waals surface area contributed by atoms with Gasteiger partial charge in [0.15, 0.2) is 0 Å². The van der Waals surface area contributed by atoms with Crippen LogP contribution in [0.15, 0.2) is 17.2 Å². The summed E-state index contributed by atoms with van der Waals surface area (Å²) in [7, 11) is 0. The number of carboxylic acids is 1. The van der Waals surface area contributed by atoms with Crippen molar-refractivity contribution in [3.05, 3.63) is 22.6 Å². The van der Waals surface area contributed by atoms with Gasteiger partial charge in [0.2, 0.25) is 11.8 Å². The Morgan fingerprint density at radius 1 is 1.29 bits per heavy atom. The molecule has 0 aliphatic rings. The van der Waals surface area contributed by atoms with Crippen LogP contribution >= 0.6 is 0 Å². The molecule has 10 nitrogen and oxygen atoms in total. The van der Waals surface area contributed by atoms with Crippen LogP contribution in [0.3, 0.4) is 0 Å². The van der Waals surface area contributed by atoms with Gasteiger partial charge in [-0.25, -0.2) is 4.79 Å². The third kappa shape index (κ3) is 5.33. The monoisotopic (exact) mass is 298 g/mol. The predicted molar refractivity (Wildman–Crippen MR) is 68.4 cm³/mol. The van der Waals surface area contributed by atoms with Crippen molar-refractivity contribution < 1.29 is 29.7 Å². The molecule has 1 heterocycles. The highest BCUT2D eigenvalue weighted by molar-refractivity contribution is 5.70. The van der Waals surface area contributed by atoms with E-state index in [0.29, 0.717) is 4.73 Å². The molecule has 1 aromatic rings. The minimum atomic E-state index is -1.03. The van der Waals surface area contributed by atoms with E-state index in [9.17, 15) is 19.8 Å². The molecule has 0 bridgehead atoms. The van der Waals surface area contributed by atoms with E-state index in [0.717, 1.165) is 12.1 Å². The van der Waals surface area contributed by atoms with Gasteiger partial charge in [0.1, 0.15) is 0 Å². The van der Waals surface area contributed by atoms with E-state index in [1.54, 1.807) is 0 Å². The van der Waals surface area contributed by atoms with Gasteiger partial charge in [-0.15, -0.1) is 4.73 Å². The molecule has 1 atom stereocenters. The number of azide groups is 1. The summed E-state index contributed by atoms with van der Waals surface area (Å²) in [5.41, 5.74) is 8.37. The van der Waals surface area contributed by atoms with Crippen LogP contribution in [0, 0.1) is 0 Å². The summed E-state index contributed by atoms with van der Waals surface area (Å²) in [6.07, 6.45) is -0.149. The molecule has 0 amide bonds. The number of aromatic hydroxyl groups is 2. The maximum Gasteiger partial charge on any atom is 0.333 e. The number of rotatable bonds is 8. The molecule has 21 heavy (non-hydrogen) atoms. The van der Waals surface area contributed by atoms with Crippen molar-refractivity contribution in [2.45, 2.75) is 31.7 Å². The Kier molecular flexibility index (Phi) is 5.90. The second-order valence-corrected chi connectivity index (χ2v) is 4.14. The van der Waals surface area contributed by atoms with Crippen molar-refractivity contribution in [3.63, 3.8) is 0 Å². The van der Waals surface area contributed by atoms with Gasteiger partial charge < -0.3 is 20.2 Å². The second kappa shape index (κ2) is 7.65. The van der Waals surface area contributed by atoms with Gasteiger partial charge in [-0.2, -0.15) is 0 Å². The van der Waals surface area contributed by atoms with Gasteiger partial charge in [0.25, 0.3) is 0 Å². The van der Waals surface area contributed by atoms with Crippen LogP contribution in [0.4, 0.5) is 0 Å². The van der Waals surface area contributed by atoms with E-state index in [1.807, 2.05) is 0 Å². The third-order valence-electron chi connectivity index (χ3n) is 2.58. The van der Waals surface area contributed by atoms with Crippen molar-refractivity contribution in [3.8, 4) is 11.8 Å². The normalized spacial score (nSPS) is 11.4. The standard InChI is InChI=1S/C11H14N4O6/c12-14-13-7(1-5-10(18)19)2-6-11(20)21-15-8(16)3-4-9(15)17/h3-4,7,16-17H,1-2,5-6H2,(H,18,19). The fourth-order valence-electron chi connectivity index (χ4n) is 1.55. The Hall–Kier alpha value is -2.87. The lowest BCUT2D eigenvalue weighted by atomic mass is 10.1. The first-order valence-corrected chi connectivity index (χ1v) is 6.01. The molecule has 0 spiro atoms. The smallest absolute Gasteiger partial charge is 0.333 e. The highest BCUT2D eigenvalue weighted by atomic mass is 16.7. The summed E-state index contributed by atoms with van der Waals surface area (Å²) in [6.45, 7) is 0. The van der Waals surface area contributed by atoms with Crippen LogP contribution in [0.5, 0.6) is 11.8 Å². The summed E-state index contributed by atoms with van der Waals surface area (Å²) >= 11 is 0. The molecule has 0 saturated carbocycles. The first-order chi connectivity index (χ1) is 9.93. The Morgan fingerprint density at radius 3 is 2.38 bits per heavy atom. The molecule has 0 aromatic carbocycles. The summed E-state index contributed by atoms with van der Waals surface area (Å²) < 4.78 is 0.544. The molecule has 114 valence electrons. The van der Waals surface area contributed by atoms with Crippen molar-refractivity contribution in [1.29, 1.82) is 0 Å². The Balaban J connectivity index is 2.49. The van der Waals surface area contributed by atoms with Crippen molar-refractivity contribution >= 4 is 11.9 Å². The fourth-order valence-corrected chi connectivity index (χ4v) is 1.55. The number of hydrogen-bond donors (Lipinski definition) is 3. The topological polar surface area (TPSA) is 158 Å². The van der Waals surface area contributed by atoms with Crippen molar-refractivity contribution in [1.82, 2.24) is 4.73 Å². The van der Waals surface area contributed by atoms with Gasteiger partial charge in [0, 0.05) is 35.9 Å². The average molecular weight is 298 g/mol. The van der Waals surface area contributed by atoms with Gasteiger partial charge >= 0.3 is 11.9 Å². The van der Waals surface area contributed by atoms with Crippen LogP contribution in [0.1, 0.15) is 25.7 Å². The summed E-state index contributed by atoms with van der Waals surface area (Å²) in [5.74, 6) is -2.69. The summed E-state index contributed by atoms with van der Waals surface area (Å²) in [6, 6.07) is 1.63. The van der Waals surface area contributed by atoms with Crippen LogP contribution < -0.4 is 4.84 Å². The summed E-state index contributed by atoms with van der Waals surface area (Å²) in [4.78, 5) is 29.3. The Labute approximate surface area is 118 Å². The van der Waals surface area contributed by atoms with Crippen molar-refractivity contribution in [2.24, 2.45) is 5.11 Å². The zero-order valence-corrected chi connectivity index (χ0v) is 10.9. The zero-order chi connectivity index (χ0) is 15.8. The molecule has 1 aromatic heterocycles. The fraction of sp³-hybridized carbons (Fsp3) is 0.455. The second-order valence-electron chi connectivity index (χ2n) is 4.14. The number of carbonyl (C=O) groups excluding carboxylic acids is 1. The number of aromatic nitrogens is 1. The molecule has 0 saturated heterocycles. The van der Waals surface area contributed by atoms with Crippen LogP contribution in [0.25, 0.3) is 10.4 Å². The number of aliphatic carboxylic acids is 1. The van der Waals surface area contributed by atoms with E-state index in [-0.39, 0.29) is 25.7 Å². The van der Waals surface area contributed by atoms with E-state index in [2.05, 4.69) is 10.0 Å². The summed E-state index contributed by atoms with van der Waals surface area (Å²) in [5, 5.41) is 30.5.